The highest BCUT2D eigenvalue weighted by molar-refractivity contribution is 7.91. The van der Waals surface area contributed by atoms with Crippen LogP contribution in [0.5, 0.6) is 0 Å². The Bertz CT molecular complexity index is 574. The minimum Gasteiger partial charge on any atom is -0.315 e. The number of hydrogen-bond acceptors (Lipinski definition) is 4. The van der Waals surface area contributed by atoms with Gasteiger partial charge in [-0.1, -0.05) is 0 Å². The monoisotopic (exact) mass is 314 g/mol. The van der Waals surface area contributed by atoms with E-state index >= 15 is 0 Å². The summed E-state index contributed by atoms with van der Waals surface area (Å²) in [6, 6.07) is 1.98. The van der Waals surface area contributed by atoms with Gasteiger partial charge in [0.1, 0.15) is 4.21 Å². The van der Waals surface area contributed by atoms with Gasteiger partial charge >= 0.3 is 0 Å². The molecular formula is C14H22N2O2S2. The Kier molecular flexibility index (Phi) is 3.92. The van der Waals surface area contributed by atoms with Crippen LogP contribution in [0.4, 0.5) is 0 Å². The molecule has 1 aromatic rings. The SMILES string of the molecule is CNCc1sc(S(=O)(=O)NC(C2CC2)C2CC2)cc1C. The number of sulfonamides is 1. The fourth-order valence-electron chi connectivity index (χ4n) is 2.68. The molecule has 2 fully saturated rings. The summed E-state index contributed by atoms with van der Waals surface area (Å²) in [6.07, 6.45) is 4.71. The maximum atomic E-state index is 12.6. The third-order valence-electron chi connectivity index (χ3n) is 4.15. The van der Waals surface area contributed by atoms with Crippen molar-refractivity contribution >= 4 is 21.4 Å². The second kappa shape index (κ2) is 5.40. The molecule has 0 radical (unpaired) electrons. The van der Waals surface area contributed by atoms with E-state index in [1.165, 1.54) is 37.0 Å². The zero-order valence-corrected chi connectivity index (χ0v) is 13.6. The molecule has 2 N–H and O–H groups in total. The van der Waals surface area contributed by atoms with Crippen molar-refractivity contribution in [2.75, 3.05) is 7.05 Å². The van der Waals surface area contributed by atoms with Crippen molar-refractivity contribution in [2.24, 2.45) is 11.8 Å². The van der Waals surface area contributed by atoms with Crippen LogP contribution < -0.4 is 10.0 Å². The van der Waals surface area contributed by atoms with Gasteiger partial charge in [0.05, 0.1) is 0 Å². The lowest BCUT2D eigenvalue weighted by atomic mass is 10.1. The van der Waals surface area contributed by atoms with Crippen LogP contribution in [0, 0.1) is 18.8 Å². The molecule has 112 valence electrons. The molecule has 0 unspecified atom stereocenters. The molecule has 2 saturated carbocycles. The fraction of sp³-hybridized carbons (Fsp3) is 0.714. The Labute approximate surface area is 125 Å². The quantitative estimate of drug-likeness (QED) is 0.811. The predicted octanol–water partition coefficient (Wildman–Crippen LogP) is 2.24. The van der Waals surface area contributed by atoms with Crippen LogP contribution in [-0.4, -0.2) is 21.5 Å². The first-order valence-corrected chi connectivity index (χ1v) is 9.57. The minimum atomic E-state index is -3.35. The Morgan fingerprint density at radius 3 is 2.40 bits per heavy atom. The molecule has 0 amide bonds. The van der Waals surface area contributed by atoms with E-state index in [-0.39, 0.29) is 6.04 Å². The van der Waals surface area contributed by atoms with Gasteiger partial charge in [0.15, 0.2) is 0 Å². The van der Waals surface area contributed by atoms with Gasteiger partial charge in [-0.3, -0.25) is 0 Å². The lowest BCUT2D eigenvalue weighted by molar-refractivity contribution is 0.472. The average molecular weight is 314 g/mol. The molecule has 0 atom stereocenters. The maximum Gasteiger partial charge on any atom is 0.250 e. The first kappa shape index (κ1) is 14.5. The van der Waals surface area contributed by atoms with Gasteiger partial charge in [-0.2, -0.15) is 0 Å². The second-order valence-corrected chi connectivity index (χ2v) is 9.10. The number of nitrogens with one attached hydrogen (secondary N) is 2. The van der Waals surface area contributed by atoms with Crippen molar-refractivity contribution in [3.63, 3.8) is 0 Å². The zero-order chi connectivity index (χ0) is 14.3. The standard InChI is InChI=1S/C14H22N2O2S2/c1-9-7-13(19-12(9)8-15-2)20(17,18)16-14(10-3-4-10)11-5-6-11/h7,10-11,14-16H,3-6,8H2,1-2H3. The summed E-state index contributed by atoms with van der Waals surface area (Å²) >= 11 is 1.38. The van der Waals surface area contributed by atoms with Gasteiger partial charge in [0.2, 0.25) is 10.0 Å². The maximum absolute atomic E-state index is 12.6. The summed E-state index contributed by atoms with van der Waals surface area (Å²) in [6.45, 7) is 2.70. The topological polar surface area (TPSA) is 58.2 Å². The van der Waals surface area contributed by atoms with Gasteiger partial charge < -0.3 is 5.32 Å². The summed E-state index contributed by atoms with van der Waals surface area (Å²) in [5.74, 6) is 1.16. The van der Waals surface area contributed by atoms with Crippen LogP contribution in [0.15, 0.2) is 10.3 Å². The third kappa shape index (κ3) is 3.08. The van der Waals surface area contributed by atoms with Gasteiger partial charge in [-0.15, -0.1) is 11.3 Å². The highest BCUT2D eigenvalue weighted by Crippen LogP contribution is 2.45. The van der Waals surface area contributed by atoms with Crippen LogP contribution in [0.2, 0.25) is 0 Å². The molecule has 0 spiro atoms. The van der Waals surface area contributed by atoms with Gasteiger partial charge in [-0.25, -0.2) is 13.1 Å². The van der Waals surface area contributed by atoms with Crippen molar-refractivity contribution in [1.29, 1.82) is 0 Å². The molecule has 0 aliphatic heterocycles. The van der Waals surface area contributed by atoms with E-state index in [0.717, 1.165) is 17.0 Å². The summed E-state index contributed by atoms with van der Waals surface area (Å²) in [4.78, 5) is 1.10. The molecule has 4 nitrogen and oxygen atoms in total. The van der Waals surface area contributed by atoms with Crippen LogP contribution in [-0.2, 0) is 16.6 Å². The summed E-state index contributed by atoms with van der Waals surface area (Å²) in [5, 5.41) is 3.08. The molecule has 1 heterocycles. The molecule has 1 aromatic heterocycles. The van der Waals surface area contributed by atoms with E-state index in [1.807, 2.05) is 14.0 Å². The fourth-order valence-corrected chi connectivity index (χ4v) is 5.67. The number of hydrogen-bond donors (Lipinski definition) is 2. The van der Waals surface area contributed by atoms with Crippen molar-refractivity contribution in [3.05, 3.63) is 16.5 Å². The summed E-state index contributed by atoms with van der Waals surface area (Å²) in [5.41, 5.74) is 1.05. The Morgan fingerprint density at radius 2 is 1.90 bits per heavy atom. The first-order chi connectivity index (χ1) is 9.51. The average Bonchev–Trinajstić information content (AvgIpc) is 3.27. The minimum absolute atomic E-state index is 0.176. The zero-order valence-electron chi connectivity index (χ0n) is 12.0. The molecule has 2 aliphatic carbocycles. The molecule has 0 bridgehead atoms. The van der Waals surface area contributed by atoms with Crippen LogP contribution >= 0.6 is 11.3 Å². The van der Waals surface area contributed by atoms with Crippen molar-refractivity contribution in [3.8, 4) is 0 Å². The molecule has 0 aromatic carbocycles. The third-order valence-corrected chi connectivity index (χ3v) is 7.32. The molecule has 0 saturated heterocycles. The molecule has 6 heteroatoms. The van der Waals surface area contributed by atoms with E-state index in [1.54, 1.807) is 6.07 Å². The smallest absolute Gasteiger partial charge is 0.250 e. The van der Waals surface area contributed by atoms with E-state index in [4.69, 9.17) is 0 Å². The van der Waals surface area contributed by atoms with E-state index in [9.17, 15) is 8.42 Å². The van der Waals surface area contributed by atoms with Crippen molar-refractivity contribution in [2.45, 2.75) is 49.4 Å². The van der Waals surface area contributed by atoms with E-state index in [0.29, 0.717) is 16.0 Å². The highest BCUT2D eigenvalue weighted by atomic mass is 32.2. The van der Waals surface area contributed by atoms with Gasteiger partial charge in [0, 0.05) is 17.5 Å². The van der Waals surface area contributed by atoms with Crippen LogP contribution in [0.1, 0.15) is 36.1 Å². The van der Waals surface area contributed by atoms with Crippen LogP contribution in [0.25, 0.3) is 0 Å². The van der Waals surface area contributed by atoms with Crippen molar-refractivity contribution in [1.82, 2.24) is 10.0 Å². The van der Waals surface area contributed by atoms with Gasteiger partial charge in [0.25, 0.3) is 0 Å². The summed E-state index contributed by atoms with van der Waals surface area (Å²) < 4.78 is 28.6. The first-order valence-electron chi connectivity index (χ1n) is 7.27. The number of rotatable bonds is 7. The van der Waals surface area contributed by atoms with Crippen molar-refractivity contribution < 1.29 is 8.42 Å². The number of aryl methyl sites for hydroxylation is 1. The normalized spacial score (nSPS) is 19.8. The second-order valence-electron chi connectivity index (χ2n) is 6.02. The molecule has 3 rings (SSSR count). The Morgan fingerprint density at radius 1 is 1.30 bits per heavy atom. The molecular weight excluding hydrogens is 292 g/mol. The Hall–Kier alpha value is -0.430. The largest absolute Gasteiger partial charge is 0.315 e. The predicted molar refractivity (Wildman–Crippen MR) is 81.4 cm³/mol. The Balaban J connectivity index is 1.78. The molecule has 2 aliphatic rings. The molecule has 20 heavy (non-hydrogen) atoms. The number of thiophene rings is 1. The van der Waals surface area contributed by atoms with E-state index < -0.39 is 10.0 Å². The highest BCUT2D eigenvalue weighted by Gasteiger charge is 2.43. The van der Waals surface area contributed by atoms with E-state index in [2.05, 4.69) is 10.0 Å². The summed E-state index contributed by atoms with van der Waals surface area (Å²) in [7, 11) is -1.47. The van der Waals surface area contributed by atoms with Crippen LogP contribution in [0.3, 0.4) is 0 Å². The lowest BCUT2D eigenvalue weighted by Crippen LogP contribution is -2.37. The lowest BCUT2D eigenvalue weighted by Gasteiger charge is -2.16. The van der Waals surface area contributed by atoms with Gasteiger partial charge in [-0.05, 0) is 63.1 Å².